The molecule has 3 rings (SSSR count). The third-order valence-electron chi connectivity index (χ3n) is 4.66. The molecule has 0 atom stereocenters. The van der Waals surface area contributed by atoms with Crippen molar-refractivity contribution in [2.45, 2.75) is 11.7 Å². The van der Waals surface area contributed by atoms with Crippen LogP contribution in [0.3, 0.4) is 0 Å². The van der Waals surface area contributed by atoms with Crippen LogP contribution in [-0.4, -0.2) is 46.6 Å². The van der Waals surface area contributed by atoms with Gasteiger partial charge in [0.25, 0.3) is 0 Å². The molecule has 0 saturated heterocycles. The van der Waals surface area contributed by atoms with Gasteiger partial charge in [0.1, 0.15) is 0 Å². The van der Waals surface area contributed by atoms with E-state index in [1.807, 2.05) is 6.07 Å². The van der Waals surface area contributed by atoms with Crippen LogP contribution < -0.4 is 20.1 Å². The number of anilines is 1. The van der Waals surface area contributed by atoms with E-state index in [9.17, 15) is 9.59 Å². The molecule has 0 bridgehead atoms. The van der Waals surface area contributed by atoms with Crippen molar-refractivity contribution in [3.63, 3.8) is 0 Å². The van der Waals surface area contributed by atoms with Gasteiger partial charge < -0.3 is 24.7 Å². The normalized spacial score (nSPS) is 10.8. The number of para-hydroxylation sites is 1. The van der Waals surface area contributed by atoms with Crippen molar-refractivity contribution < 1.29 is 19.1 Å². The van der Waals surface area contributed by atoms with Gasteiger partial charge in [-0.05, 0) is 35.9 Å². The van der Waals surface area contributed by atoms with Gasteiger partial charge in [0.15, 0.2) is 22.5 Å². The van der Waals surface area contributed by atoms with Gasteiger partial charge in [-0.15, -0.1) is 10.2 Å². The van der Waals surface area contributed by atoms with Crippen LogP contribution in [0.25, 0.3) is 6.08 Å². The zero-order valence-electron chi connectivity index (χ0n) is 18.9. The number of carbonyl (C=O) groups excluding carboxylic acids is 2. The monoisotopic (exact) mass is 501 g/mol. The predicted octanol–water partition coefficient (Wildman–Crippen LogP) is 3.55. The number of aromatic nitrogens is 3. The molecular formula is C23H24ClN5O4S. The summed E-state index contributed by atoms with van der Waals surface area (Å²) in [4.78, 5) is 24.4. The molecule has 0 radical (unpaired) electrons. The standard InChI is InChI=1S/C23H24ClN5O4S/c1-29-20(13-25-21(30)11-9-15-8-10-18(32-2)19(12-15)33-3)27-28-23(29)34-14-22(31)26-17-7-5-4-6-16(17)24/h4-12H,13-14H2,1-3H3,(H,25,30)(H,26,31). The second-order valence-electron chi connectivity index (χ2n) is 6.94. The number of halogens is 1. The molecule has 2 aromatic carbocycles. The molecular weight excluding hydrogens is 478 g/mol. The Morgan fingerprint density at radius 2 is 1.88 bits per heavy atom. The highest BCUT2D eigenvalue weighted by atomic mass is 35.5. The molecule has 1 aromatic heterocycles. The Morgan fingerprint density at radius 3 is 2.62 bits per heavy atom. The summed E-state index contributed by atoms with van der Waals surface area (Å²) in [5.41, 5.74) is 1.34. The van der Waals surface area contributed by atoms with Crippen molar-refractivity contribution in [2.75, 3.05) is 25.3 Å². The van der Waals surface area contributed by atoms with Gasteiger partial charge in [-0.1, -0.05) is 41.6 Å². The molecule has 178 valence electrons. The first-order chi connectivity index (χ1) is 16.4. The number of hydrogen-bond acceptors (Lipinski definition) is 7. The maximum Gasteiger partial charge on any atom is 0.244 e. The van der Waals surface area contributed by atoms with E-state index in [0.717, 1.165) is 5.56 Å². The molecule has 0 saturated carbocycles. The number of carbonyl (C=O) groups is 2. The lowest BCUT2D eigenvalue weighted by Gasteiger charge is -2.08. The molecule has 0 aliphatic heterocycles. The minimum atomic E-state index is -0.286. The Labute approximate surface area is 206 Å². The van der Waals surface area contributed by atoms with Gasteiger partial charge in [0.05, 0.1) is 37.2 Å². The molecule has 9 nitrogen and oxygen atoms in total. The van der Waals surface area contributed by atoms with Crippen LogP contribution in [0, 0.1) is 0 Å². The van der Waals surface area contributed by atoms with Crippen LogP contribution >= 0.6 is 23.4 Å². The molecule has 0 spiro atoms. The number of ether oxygens (including phenoxy) is 2. The van der Waals surface area contributed by atoms with Crippen molar-refractivity contribution in [3.05, 3.63) is 65.0 Å². The third kappa shape index (κ3) is 6.75. The van der Waals surface area contributed by atoms with Crippen molar-refractivity contribution in [2.24, 2.45) is 7.05 Å². The van der Waals surface area contributed by atoms with Crippen molar-refractivity contribution >= 4 is 46.9 Å². The highest BCUT2D eigenvalue weighted by molar-refractivity contribution is 7.99. The third-order valence-corrected chi connectivity index (χ3v) is 6.01. The molecule has 0 unspecified atom stereocenters. The lowest BCUT2D eigenvalue weighted by atomic mass is 10.2. The van der Waals surface area contributed by atoms with Crippen LogP contribution in [0.1, 0.15) is 11.4 Å². The fraction of sp³-hybridized carbons (Fsp3) is 0.217. The molecule has 34 heavy (non-hydrogen) atoms. The predicted molar refractivity (Wildman–Crippen MR) is 132 cm³/mol. The van der Waals surface area contributed by atoms with Gasteiger partial charge in [-0.3, -0.25) is 9.59 Å². The summed E-state index contributed by atoms with van der Waals surface area (Å²) in [6.07, 6.45) is 3.10. The minimum Gasteiger partial charge on any atom is -0.493 e. The first-order valence-electron chi connectivity index (χ1n) is 10.1. The summed E-state index contributed by atoms with van der Waals surface area (Å²) in [7, 11) is 4.89. The molecule has 1 heterocycles. The van der Waals surface area contributed by atoms with Gasteiger partial charge in [0, 0.05) is 13.1 Å². The minimum absolute atomic E-state index is 0.137. The second kappa shape index (κ2) is 12.1. The fourth-order valence-electron chi connectivity index (χ4n) is 2.86. The Balaban J connectivity index is 1.50. The van der Waals surface area contributed by atoms with E-state index in [-0.39, 0.29) is 24.1 Å². The van der Waals surface area contributed by atoms with E-state index in [2.05, 4.69) is 20.8 Å². The highest BCUT2D eigenvalue weighted by Gasteiger charge is 2.13. The molecule has 0 aliphatic carbocycles. The van der Waals surface area contributed by atoms with E-state index in [1.165, 1.54) is 17.8 Å². The Morgan fingerprint density at radius 1 is 1.12 bits per heavy atom. The van der Waals surface area contributed by atoms with Gasteiger partial charge >= 0.3 is 0 Å². The van der Waals surface area contributed by atoms with Crippen LogP contribution in [0.15, 0.2) is 53.7 Å². The maximum atomic E-state index is 12.2. The number of benzene rings is 2. The molecule has 2 N–H and O–H groups in total. The summed E-state index contributed by atoms with van der Waals surface area (Å²) in [5, 5.41) is 14.7. The summed E-state index contributed by atoms with van der Waals surface area (Å²) >= 11 is 7.29. The van der Waals surface area contributed by atoms with Crippen LogP contribution in [0.4, 0.5) is 5.69 Å². The lowest BCUT2D eigenvalue weighted by molar-refractivity contribution is -0.116. The zero-order valence-corrected chi connectivity index (χ0v) is 20.4. The van der Waals surface area contributed by atoms with Crippen molar-refractivity contribution in [1.29, 1.82) is 0 Å². The average Bonchev–Trinajstić information content (AvgIpc) is 3.20. The highest BCUT2D eigenvalue weighted by Crippen LogP contribution is 2.28. The van der Waals surface area contributed by atoms with E-state index in [4.69, 9.17) is 21.1 Å². The smallest absolute Gasteiger partial charge is 0.244 e. The summed E-state index contributed by atoms with van der Waals surface area (Å²) in [6, 6.07) is 12.4. The van der Waals surface area contributed by atoms with Crippen molar-refractivity contribution in [1.82, 2.24) is 20.1 Å². The van der Waals surface area contributed by atoms with Crippen LogP contribution in [0.5, 0.6) is 11.5 Å². The van der Waals surface area contributed by atoms with Crippen LogP contribution in [-0.2, 0) is 23.2 Å². The number of methoxy groups -OCH3 is 2. The molecule has 0 fully saturated rings. The molecule has 3 aromatic rings. The number of hydrogen-bond donors (Lipinski definition) is 2. The number of amides is 2. The SMILES string of the molecule is COc1ccc(C=CC(=O)NCc2nnc(SCC(=O)Nc3ccccc3Cl)n2C)cc1OC. The van der Waals surface area contributed by atoms with Gasteiger partial charge in [-0.25, -0.2) is 0 Å². The van der Waals surface area contributed by atoms with Gasteiger partial charge in [-0.2, -0.15) is 0 Å². The Kier molecular flexibility index (Phi) is 8.94. The van der Waals surface area contributed by atoms with E-state index in [1.54, 1.807) is 68.3 Å². The zero-order chi connectivity index (χ0) is 24.5. The molecule has 11 heteroatoms. The number of nitrogens with one attached hydrogen (secondary N) is 2. The number of nitrogens with zero attached hydrogens (tertiary/aromatic N) is 3. The quantitative estimate of drug-likeness (QED) is 0.323. The first kappa shape index (κ1) is 25.1. The van der Waals surface area contributed by atoms with Gasteiger partial charge in [0.2, 0.25) is 11.8 Å². The van der Waals surface area contributed by atoms with E-state index >= 15 is 0 Å². The van der Waals surface area contributed by atoms with E-state index in [0.29, 0.717) is 33.2 Å². The summed E-state index contributed by atoms with van der Waals surface area (Å²) in [6.45, 7) is 0.186. The van der Waals surface area contributed by atoms with Crippen LogP contribution in [0.2, 0.25) is 5.02 Å². The van der Waals surface area contributed by atoms with E-state index < -0.39 is 0 Å². The molecule has 2 amide bonds. The molecule has 0 aliphatic rings. The fourth-order valence-corrected chi connectivity index (χ4v) is 3.77. The lowest BCUT2D eigenvalue weighted by Crippen LogP contribution is -2.22. The summed E-state index contributed by atoms with van der Waals surface area (Å²) in [5.74, 6) is 1.39. The number of rotatable bonds is 10. The Hall–Kier alpha value is -3.50. The Bertz CT molecular complexity index is 1200. The largest absolute Gasteiger partial charge is 0.493 e. The second-order valence-corrected chi connectivity index (χ2v) is 8.29. The van der Waals surface area contributed by atoms with Crippen molar-refractivity contribution in [3.8, 4) is 11.5 Å². The maximum absolute atomic E-state index is 12.2. The topological polar surface area (TPSA) is 107 Å². The summed E-state index contributed by atoms with van der Waals surface area (Å²) < 4.78 is 12.2. The average molecular weight is 502 g/mol. The number of thioether (sulfide) groups is 1. The first-order valence-corrected chi connectivity index (χ1v) is 11.5.